The molecule has 1 saturated heterocycles. The van der Waals surface area contributed by atoms with Gasteiger partial charge in [0.1, 0.15) is 5.82 Å². The summed E-state index contributed by atoms with van der Waals surface area (Å²) >= 11 is 0. The van der Waals surface area contributed by atoms with E-state index in [2.05, 4.69) is 20.3 Å². The highest BCUT2D eigenvalue weighted by atomic mass is 16.1. The van der Waals surface area contributed by atoms with Crippen LogP contribution in [0.25, 0.3) is 0 Å². The molecule has 1 amide bonds. The molecule has 0 atom stereocenters. The molecule has 0 bridgehead atoms. The minimum atomic E-state index is -0.376. The zero-order valence-corrected chi connectivity index (χ0v) is 11.2. The SMILES string of the molecule is NC(=O)CN(Cc1nc(N)nc(N)n1)C1CCNCC1. The van der Waals surface area contributed by atoms with E-state index >= 15 is 0 Å². The number of hydrogen-bond acceptors (Lipinski definition) is 8. The predicted octanol–water partition coefficient (Wildman–Crippen LogP) is -1.92. The Morgan fingerprint density at radius 1 is 1.20 bits per heavy atom. The first-order chi connectivity index (χ1) is 9.54. The van der Waals surface area contributed by atoms with Crippen LogP contribution in [0.1, 0.15) is 18.7 Å². The number of amides is 1. The zero-order valence-electron chi connectivity index (χ0n) is 11.2. The first kappa shape index (κ1) is 14.4. The Bertz CT molecular complexity index is 453. The summed E-state index contributed by atoms with van der Waals surface area (Å²) in [6.07, 6.45) is 1.90. The van der Waals surface area contributed by atoms with E-state index in [1.165, 1.54) is 0 Å². The lowest BCUT2D eigenvalue weighted by atomic mass is 10.0. The number of rotatable bonds is 5. The van der Waals surface area contributed by atoms with E-state index < -0.39 is 0 Å². The number of carbonyl (C=O) groups excluding carboxylic acids is 1. The molecule has 7 N–H and O–H groups in total. The second-order valence-corrected chi connectivity index (χ2v) is 4.82. The Morgan fingerprint density at radius 2 is 1.80 bits per heavy atom. The summed E-state index contributed by atoms with van der Waals surface area (Å²) in [5, 5.41) is 3.28. The summed E-state index contributed by atoms with van der Waals surface area (Å²) in [5.74, 6) is 0.238. The van der Waals surface area contributed by atoms with Crippen LogP contribution in [0.4, 0.5) is 11.9 Å². The van der Waals surface area contributed by atoms with Crippen LogP contribution in [0.5, 0.6) is 0 Å². The van der Waals surface area contributed by atoms with Gasteiger partial charge >= 0.3 is 0 Å². The fourth-order valence-electron chi connectivity index (χ4n) is 2.40. The molecule has 110 valence electrons. The standard InChI is InChI=1S/C11H20N8O/c12-8(20)5-19(7-1-3-15-4-2-7)6-9-16-10(13)18-11(14)17-9/h7,15H,1-6H2,(H2,12,20)(H4,13,14,16,17,18). The van der Waals surface area contributed by atoms with Gasteiger partial charge in [-0.25, -0.2) is 0 Å². The van der Waals surface area contributed by atoms with E-state index in [9.17, 15) is 4.79 Å². The summed E-state index contributed by atoms with van der Waals surface area (Å²) in [5.41, 5.74) is 16.4. The number of nitrogens with zero attached hydrogens (tertiary/aromatic N) is 4. The molecule has 0 unspecified atom stereocenters. The maximum atomic E-state index is 11.2. The average Bonchev–Trinajstić information content (AvgIpc) is 2.37. The van der Waals surface area contributed by atoms with Crippen LogP contribution in [-0.4, -0.2) is 51.4 Å². The van der Waals surface area contributed by atoms with Gasteiger partial charge in [0.25, 0.3) is 0 Å². The molecule has 20 heavy (non-hydrogen) atoms. The molecule has 0 radical (unpaired) electrons. The lowest BCUT2D eigenvalue weighted by Gasteiger charge is -2.33. The van der Waals surface area contributed by atoms with Gasteiger partial charge in [0.05, 0.1) is 13.1 Å². The van der Waals surface area contributed by atoms with Crippen LogP contribution in [0.2, 0.25) is 0 Å². The molecular formula is C11H20N8O. The monoisotopic (exact) mass is 280 g/mol. The lowest BCUT2D eigenvalue weighted by molar-refractivity contribution is -0.120. The second-order valence-electron chi connectivity index (χ2n) is 4.82. The number of primary amides is 1. The van der Waals surface area contributed by atoms with E-state index in [1.54, 1.807) is 0 Å². The molecule has 1 aromatic heterocycles. The zero-order chi connectivity index (χ0) is 14.5. The van der Waals surface area contributed by atoms with Gasteiger partial charge in [0, 0.05) is 6.04 Å². The van der Waals surface area contributed by atoms with Gasteiger partial charge < -0.3 is 22.5 Å². The molecule has 2 heterocycles. The maximum Gasteiger partial charge on any atom is 0.231 e. The summed E-state index contributed by atoms with van der Waals surface area (Å²) in [6, 6.07) is 0.267. The first-order valence-electron chi connectivity index (χ1n) is 6.53. The van der Waals surface area contributed by atoms with E-state index in [0.29, 0.717) is 12.4 Å². The van der Waals surface area contributed by atoms with E-state index in [0.717, 1.165) is 25.9 Å². The van der Waals surface area contributed by atoms with Crippen LogP contribution in [0.15, 0.2) is 0 Å². The van der Waals surface area contributed by atoms with Gasteiger partial charge in [-0.2, -0.15) is 15.0 Å². The molecule has 0 spiro atoms. The van der Waals surface area contributed by atoms with Crippen LogP contribution in [0, 0.1) is 0 Å². The van der Waals surface area contributed by atoms with Gasteiger partial charge in [-0.1, -0.05) is 0 Å². The predicted molar refractivity (Wildman–Crippen MR) is 74.1 cm³/mol. The van der Waals surface area contributed by atoms with E-state index in [1.807, 2.05) is 4.90 Å². The third kappa shape index (κ3) is 4.00. The minimum absolute atomic E-state index is 0.0804. The summed E-state index contributed by atoms with van der Waals surface area (Å²) in [6.45, 7) is 2.38. The minimum Gasteiger partial charge on any atom is -0.369 e. The highest BCUT2D eigenvalue weighted by Gasteiger charge is 2.23. The van der Waals surface area contributed by atoms with Gasteiger partial charge in [-0.05, 0) is 25.9 Å². The number of nitrogens with one attached hydrogen (secondary N) is 1. The highest BCUT2D eigenvalue weighted by molar-refractivity contribution is 5.75. The number of anilines is 2. The van der Waals surface area contributed by atoms with Crippen molar-refractivity contribution in [1.82, 2.24) is 25.2 Å². The second kappa shape index (κ2) is 6.44. The molecule has 0 aromatic carbocycles. The van der Waals surface area contributed by atoms with Crippen molar-refractivity contribution in [3.8, 4) is 0 Å². The molecule has 0 aliphatic carbocycles. The normalized spacial score (nSPS) is 16.4. The van der Waals surface area contributed by atoms with Crippen molar-refractivity contribution >= 4 is 17.8 Å². The lowest BCUT2D eigenvalue weighted by Crippen LogP contribution is -2.46. The summed E-state index contributed by atoms with van der Waals surface area (Å²) in [4.78, 5) is 25.0. The van der Waals surface area contributed by atoms with Crippen LogP contribution in [-0.2, 0) is 11.3 Å². The fourth-order valence-corrected chi connectivity index (χ4v) is 2.40. The molecule has 2 rings (SSSR count). The van der Waals surface area contributed by atoms with Crippen molar-refractivity contribution in [2.24, 2.45) is 5.73 Å². The highest BCUT2D eigenvalue weighted by Crippen LogP contribution is 2.14. The van der Waals surface area contributed by atoms with Crippen molar-refractivity contribution in [2.75, 3.05) is 31.1 Å². The van der Waals surface area contributed by atoms with Crippen molar-refractivity contribution in [3.63, 3.8) is 0 Å². The summed E-state index contributed by atoms with van der Waals surface area (Å²) < 4.78 is 0. The van der Waals surface area contributed by atoms with Crippen LogP contribution >= 0.6 is 0 Å². The smallest absolute Gasteiger partial charge is 0.231 e. The van der Waals surface area contributed by atoms with Crippen molar-refractivity contribution in [3.05, 3.63) is 5.82 Å². The Labute approximate surface area is 116 Å². The summed E-state index contributed by atoms with van der Waals surface area (Å²) in [7, 11) is 0. The number of piperidine rings is 1. The third-order valence-corrected chi connectivity index (χ3v) is 3.24. The number of nitrogens with two attached hydrogens (primary N) is 3. The Morgan fingerprint density at radius 3 is 2.35 bits per heavy atom. The number of aromatic nitrogens is 3. The van der Waals surface area contributed by atoms with E-state index in [-0.39, 0.29) is 30.4 Å². The van der Waals surface area contributed by atoms with E-state index in [4.69, 9.17) is 17.2 Å². The Balaban J connectivity index is 2.11. The van der Waals surface area contributed by atoms with Gasteiger partial charge in [0.2, 0.25) is 17.8 Å². The molecule has 1 aliphatic rings. The Kier molecular flexibility index (Phi) is 4.64. The van der Waals surface area contributed by atoms with Crippen molar-refractivity contribution in [2.45, 2.75) is 25.4 Å². The molecule has 9 nitrogen and oxygen atoms in total. The molecular weight excluding hydrogens is 260 g/mol. The fraction of sp³-hybridized carbons (Fsp3) is 0.636. The number of hydrogen-bond donors (Lipinski definition) is 4. The van der Waals surface area contributed by atoms with Crippen molar-refractivity contribution < 1.29 is 4.79 Å². The molecule has 0 saturated carbocycles. The molecule has 1 aromatic rings. The Hall–Kier alpha value is -2.00. The molecule has 1 aliphatic heterocycles. The maximum absolute atomic E-state index is 11.2. The van der Waals surface area contributed by atoms with Gasteiger partial charge in [-0.15, -0.1) is 0 Å². The third-order valence-electron chi connectivity index (χ3n) is 3.24. The number of carbonyl (C=O) groups is 1. The average molecular weight is 280 g/mol. The van der Waals surface area contributed by atoms with Gasteiger partial charge in [-0.3, -0.25) is 9.69 Å². The van der Waals surface area contributed by atoms with Crippen molar-refractivity contribution in [1.29, 1.82) is 0 Å². The number of nitrogen functional groups attached to an aromatic ring is 2. The quantitative estimate of drug-likeness (QED) is 0.487. The topological polar surface area (TPSA) is 149 Å². The molecule has 1 fully saturated rings. The first-order valence-corrected chi connectivity index (χ1v) is 6.53. The van der Waals surface area contributed by atoms with Crippen LogP contribution in [0.3, 0.4) is 0 Å². The largest absolute Gasteiger partial charge is 0.369 e. The van der Waals surface area contributed by atoms with Gasteiger partial charge in [0.15, 0.2) is 0 Å². The van der Waals surface area contributed by atoms with Crippen LogP contribution < -0.4 is 22.5 Å². The molecule has 9 heteroatoms.